The van der Waals surface area contributed by atoms with Gasteiger partial charge in [0.2, 0.25) is 23.7 Å². The molecule has 0 bridgehead atoms. The van der Waals surface area contributed by atoms with Crippen LogP contribution in [0.2, 0.25) is 0 Å². The van der Waals surface area contributed by atoms with E-state index in [-0.39, 0.29) is 36.9 Å². The Balaban J connectivity index is 1.56. The fourth-order valence-electron chi connectivity index (χ4n) is 3.91. The van der Waals surface area contributed by atoms with Crippen molar-refractivity contribution < 1.29 is 22.8 Å². The van der Waals surface area contributed by atoms with Crippen LogP contribution in [0.5, 0.6) is 0 Å². The zero-order chi connectivity index (χ0) is 23.5. The highest BCUT2D eigenvalue weighted by molar-refractivity contribution is 5.89. The van der Waals surface area contributed by atoms with Gasteiger partial charge in [0.25, 0.3) is 0 Å². The van der Waals surface area contributed by atoms with Gasteiger partial charge in [0, 0.05) is 18.2 Å². The molecule has 1 fully saturated rings. The van der Waals surface area contributed by atoms with E-state index in [0.717, 1.165) is 0 Å². The molecule has 2 N–H and O–H groups in total. The van der Waals surface area contributed by atoms with E-state index in [0.29, 0.717) is 11.3 Å². The molecule has 3 atom stereocenters. The molecular formula is C22H24F2N6O3. The number of aromatic nitrogens is 4. The maximum Gasteiger partial charge on any atom is 0.243 e. The van der Waals surface area contributed by atoms with E-state index in [2.05, 4.69) is 25.5 Å². The average Bonchev–Trinajstić information content (AvgIpc) is 3.53. The molecule has 0 spiro atoms. The van der Waals surface area contributed by atoms with Gasteiger partial charge in [0.05, 0.1) is 24.1 Å². The Labute approximate surface area is 188 Å². The predicted octanol–water partition coefficient (Wildman–Crippen LogP) is 2.44. The van der Waals surface area contributed by atoms with Crippen LogP contribution in [-0.4, -0.2) is 55.6 Å². The van der Waals surface area contributed by atoms with E-state index in [1.807, 2.05) is 13.8 Å². The van der Waals surface area contributed by atoms with Crippen LogP contribution in [-0.2, 0) is 16.0 Å². The second kappa shape index (κ2) is 9.47. The number of hydrogen-bond donors (Lipinski definition) is 2. The van der Waals surface area contributed by atoms with Crippen molar-refractivity contribution >= 4 is 11.8 Å². The minimum Gasteiger partial charge on any atom is -0.448 e. The minimum atomic E-state index is -1.35. The summed E-state index contributed by atoms with van der Waals surface area (Å²) < 4.78 is 33.9. The Hall–Kier alpha value is -3.63. The number of likely N-dealkylation sites (tertiary alicyclic amines) is 1. The third-order valence-corrected chi connectivity index (χ3v) is 5.60. The number of amides is 2. The molecule has 0 aromatic carbocycles. The van der Waals surface area contributed by atoms with E-state index in [4.69, 9.17) is 4.42 Å². The van der Waals surface area contributed by atoms with Crippen molar-refractivity contribution in [2.24, 2.45) is 0 Å². The monoisotopic (exact) mass is 458 g/mol. The van der Waals surface area contributed by atoms with Gasteiger partial charge in [-0.1, -0.05) is 19.9 Å². The molecule has 0 unspecified atom stereocenters. The molecule has 9 nitrogen and oxygen atoms in total. The Morgan fingerprint density at radius 2 is 2.12 bits per heavy atom. The molecule has 3 aromatic heterocycles. The summed E-state index contributed by atoms with van der Waals surface area (Å²) in [6, 6.07) is 2.98. The Morgan fingerprint density at radius 1 is 1.30 bits per heavy atom. The van der Waals surface area contributed by atoms with Crippen LogP contribution in [0.25, 0.3) is 0 Å². The zero-order valence-electron chi connectivity index (χ0n) is 18.2. The second-order valence-corrected chi connectivity index (χ2v) is 8.22. The number of alkyl halides is 1. The van der Waals surface area contributed by atoms with Gasteiger partial charge in [-0.15, -0.1) is 0 Å². The largest absolute Gasteiger partial charge is 0.448 e. The van der Waals surface area contributed by atoms with Crippen LogP contribution in [0.15, 0.2) is 41.3 Å². The summed E-state index contributed by atoms with van der Waals surface area (Å²) in [4.78, 5) is 35.0. The van der Waals surface area contributed by atoms with Crippen molar-refractivity contribution in [1.29, 1.82) is 0 Å². The van der Waals surface area contributed by atoms with Gasteiger partial charge in [-0.25, -0.2) is 14.4 Å². The normalized spacial score (nSPS) is 19.1. The van der Waals surface area contributed by atoms with Crippen molar-refractivity contribution in [2.75, 3.05) is 6.54 Å². The molecule has 1 saturated heterocycles. The number of carbonyl (C=O) groups is 2. The third-order valence-electron chi connectivity index (χ3n) is 5.60. The van der Waals surface area contributed by atoms with Gasteiger partial charge in [-0.3, -0.25) is 14.7 Å². The molecule has 0 radical (unpaired) electrons. The van der Waals surface area contributed by atoms with Gasteiger partial charge in [-0.05, 0) is 18.1 Å². The summed E-state index contributed by atoms with van der Waals surface area (Å²) in [6.45, 7) is 3.50. The van der Waals surface area contributed by atoms with Crippen LogP contribution >= 0.6 is 0 Å². The smallest absolute Gasteiger partial charge is 0.243 e. The molecule has 0 saturated carbocycles. The lowest BCUT2D eigenvalue weighted by atomic mass is 10.0. The zero-order valence-corrected chi connectivity index (χ0v) is 18.2. The lowest BCUT2D eigenvalue weighted by molar-refractivity contribution is -0.138. The average molecular weight is 458 g/mol. The fraction of sp³-hybridized carbons (Fsp3) is 0.409. The highest BCUT2D eigenvalue weighted by Crippen LogP contribution is 2.26. The number of aromatic amines is 1. The summed E-state index contributed by atoms with van der Waals surface area (Å²) >= 11 is 0. The van der Waals surface area contributed by atoms with Crippen molar-refractivity contribution in [3.8, 4) is 0 Å². The van der Waals surface area contributed by atoms with Crippen molar-refractivity contribution in [1.82, 2.24) is 30.4 Å². The van der Waals surface area contributed by atoms with E-state index in [1.54, 1.807) is 18.2 Å². The second-order valence-electron chi connectivity index (χ2n) is 8.22. The van der Waals surface area contributed by atoms with Gasteiger partial charge in [0.1, 0.15) is 30.9 Å². The first-order valence-corrected chi connectivity index (χ1v) is 10.6. The Kier molecular flexibility index (Phi) is 6.47. The molecule has 33 heavy (non-hydrogen) atoms. The van der Waals surface area contributed by atoms with Gasteiger partial charge < -0.3 is 14.6 Å². The lowest BCUT2D eigenvalue weighted by Gasteiger charge is -2.26. The molecule has 2 amide bonds. The summed E-state index contributed by atoms with van der Waals surface area (Å²) in [6.07, 6.45) is 2.55. The van der Waals surface area contributed by atoms with Gasteiger partial charge >= 0.3 is 0 Å². The van der Waals surface area contributed by atoms with Gasteiger partial charge in [0.15, 0.2) is 0 Å². The number of nitrogens with zero attached hydrogens (tertiary/aromatic N) is 4. The molecule has 174 valence electrons. The van der Waals surface area contributed by atoms with E-state index < -0.39 is 36.0 Å². The highest BCUT2D eigenvalue weighted by Gasteiger charge is 2.41. The first-order valence-electron chi connectivity index (χ1n) is 10.6. The van der Waals surface area contributed by atoms with Crippen molar-refractivity contribution in [3.63, 3.8) is 0 Å². The summed E-state index contributed by atoms with van der Waals surface area (Å²) in [5.74, 6) is -1.56. The number of nitrogens with one attached hydrogen (secondary N) is 2. The van der Waals surface area contributed by atoms with Crippen LogP contribution in [0.1, 0.15) is 55.1 Å². The summed E-state index contributed by atoms with van der Waals surface area (Å²) in [5.41, 5.74) is 1.18. The summed E-state index contributed by atoms with van der Waals surface area (Å²) in [7, 11) is 0. The third kappa shape index (κ3) is 4.91. The topological polar surface area (TPSA) is 117 Å². The molecule has 1 aliphatic rings. The maximum absolute atomic E-state index is 14.6. The first kappa shape index (κ1) is 22.6. The number of rotatable bonds is 7. The molecule has 4 heterocycles. The molecule has 1 aliphatic heterocycles. The molecule has 4 rings (SSSR count). The standard InChI is InChI=1S/C22H24F2N6O3/c1-12(2)14-3-4-15(27-21(14)24)20(16-5-6-26-29-16)28-22(32)17-9-13(23)11-30(17)19(31)10-18-25-7-8-33-18/h3-8,12-13,17,20H,9-11H2,1-2H3,(H,26,29)(H,28,32)/t13-,17+,20-/m1/s1. The van der Waals surface area contributed by atoms with E-state index in [9.17, 15) is 18.4 Å². The van der Waals surface area contributed by atoms with Crippen molar-refractivity contribution in [2.45, 2.75) is 50.9 Å². The number of pyridine rings is 1. The van der Waals surface area contributed by atoms with Crippen molar-refractivity contribution in [3.05, 3.63) is 65.6 Å². The highest BCUT2D eigenvalue weighted by atomic mass is 19.1. The Bertz CT molecular complexity index is 1100. The summed E-state index contributed by atoms with van der Waals surface area (Å²) in [5, 5.41) is 9.44. The predicted molar refractivity (Wildman–Crippen MR) is 112 cm³/mol. The van der Waals surface area contributed by atoms with E-state index >= 15 is 0 Å². The number of carbonyl (C=O) groups excluding carboxylic acids is 2. The van der Waals surface area contributed by atoms with Gasteiger partial charge in [-0.2, -0.15) is 9.49 Å². The molecular weight excluding hydrogens is 434 g/mol. The maximum atomic E-state index is 14.6. The SMILES string of the molecule is CC(C)c1ccc([C@@H](NC(=O)[C@@H]2C[C@@H](F)CN2C(=O)Cc2ncco2)c2ccn[nH]2)nc1F. The van der Waals surface area contributed by atoms with Crippen LogP contribution in [0.3, 0.4) is 0 Å². The number of halogens is 2. The van der Waals surface area contributed by atoms with Crippen LogP contribution in [0, 0.1) is 5.95 Å². The number of oxazole rings is 1. The first-order chi connectivity index (χ1) is 15.8. The van der Waals surface area contributed by atoms with Crippen LogP contribution in [0.4, 0.5) is 8.78 Å². The molecule has 3 aromatic rings. The number of H-pyrrole nitrogens is 1. The quantitative estimate of drug-likeness (QED) is 0.526. The van der Waals surface area contributed by atoms with E-state index in [1.165, 1.54) is 23.6 Å². The molecule has 11 heteroatoms. The van der Waals surface area contributed by atoms with Crippen LogP contribution < -0.4 is 5.32 Å². The number of hydrogen-bond acceptors (Lipinski definition) is 6. The lowest BCUT2D eigenvalue weighted by Crippen LogP contribution is -2.47. The Morgan fingerprint density at radius 3 is 2.76 bits per heavy atom. The molecule has 0 aliphatic carbocycles. The fourth-order valence-corrected chi connectivity index (χ4v) is 3.91. The minimum absolute atomic E-state index is 0.0602.